The van der Waals surface area contributed by atoms with Crippen LogP contribution in [0, 0.1) is 5.92 Å². The van der Waals surface area contributed by atoms with Gasteiger partial charge in [0, 0.05) is 93.3 Å². The van der Waals surface area contributed by atoms with Gasteiger partial charge in [0.15, 0.2) is 11.5 Å². The lowest BCUT2D eigenvalue weighted by molar-refractivity contribution is -0.127. The number of nitrogens with one attached hydrogen (secondary N) is 1. The fraction of sp³-hybridized carbons (Fsp3) is 0.359. The van der Waals surface area contributed by atoms with Gasteiger partial charge < -0.3 is 34.2 Å². The maximum Gasteiger partial charge on any atom is 0.254 e. The summed E-state index contributed by atoms with van der Waals surface area (Å²) < 4.78 is 17.2. The largest absolute Gasteiger partial charge is 0.493 e. The molecule has 0 radical (unpaired) electrons. The normalized spacial score (nSPS) is 17.3. The molecular weight excluding hydrogens is 648 g/mol. The van der Waals surface area contributed by atoms with Gasteiger partial charge in [-0.05, 0) is 48.6 Å². The SMILES string of the molecule is COc1cc2nc3c(cc2c(OC)c1OC)CN(C(=O)c1ccncc1)CCN(C(=O)C=Cc1ccccc1)CCC(=O)NCC1CCCN3C1. The molecule has 2 aromatic heterocycles. The van der Waals surface area contributed by atoms with E-state index in [4.69, 9.17) is 19.2 Å². The van der Waals surface area contributed by atoms with Gasteiger partial charge in [-0.2, -0.15) is 0 Å². The lowest BCUT2D eigenvalue weighted by Gasteiger charge is -2.35. The standard InChI is InChI=1S/C39H44N6O6/c1-49-33-23-32-31(36(50-2)37(33)51-3)22-30-26-45(39(48)29-13-16-40-17-14-29)21-20-43(35(47)12-11-27-8-5-4-6-9-27)19-15-34(46)41-24-28-10-7-18-44(25-28)38(30)42-32/h4-6,8-9,11-14,16-17,22-23,28H,7,10,15,18-21,24-26H2,1-3H3,(H,41,46). The first kappa shape index (κ1) is 35.2. The fourth-order valence-electron chi connectivity index (χ4n) is 6.77. The minimum atomic E-state index is -0.243. The molecule has 2 aliphatic rings. The van der Waals surface area contributed by atoms with Crippen molar-refractivity contribution in [2.24, 2.45) is 5.92 Å². The van der Waals surface area contributed by atoms with E-state index in [1.54, 1.807) is 61.7 Å². The molecule has 12 heteroatoms. The van der Waals surface area contributed by atoms with E-state index in [1.165, 1.54) is 6.08 Å². The molecule has 1 saturated heterocycles. The number of rotatable bonds is 6. The Hall–Kier alpha value is -5.65. The smallest absolute Gasteiger partial charge is 0.254 e. The van der Waals surface area contributed by atoms with Crippen LogP contribution in [0.2, 0.25) is 0 Å². The van der Waals surface area contributed by atoms with Crippen LogP contribution in [0.3, 0.4) is 0 Å². The topological polar surface area (TPSA) is 126 Å². The van der Waals surface area contributed by atoms with E-state index in [1.807, 2.05) is 42.5 Å². The van der Waals surface area contributed by atoms with Crippen molar-refractivity contribution in [1.82, 2.24) is 25.1 Å². The zero-order chi connectivity index (χ0) is 35.7. The van der Waals surface area contributed by atoms with E-state index < -0.39 is 0 Å². The lowest BCUT2D eigenvalue weighted by atomic mass is 9.97. The zero-order valence-corrected chi connectivity index (χ0v) is 29.3. The van der Waals surface area contributed by atoms with Crippen molar-refractivity contribution < 1.29 is 28.6 Å². The number of aromatic nitrogens is 2. The minimum absolute atomic E-state index is 0.116. The van der Waals surface area contributed by atoms with Crippen molar-refractivity contribution in [2.45, 2.75) is 25.8 Å². The molecule has 2 aliphatic heterocycles. The van der Waals surface area contributed by atoms with E-state index in [0.717, 1.165) is 36.3 Å². The van der Waals surface area contributed by atoms with Gasteiger partial charge in [-0.1, -0.05) is 30.3 Å². The molecule has 266 valence electrons. The number of hydrogen-bond acceptors (Lipinski definition) is 9. The average molecular weight is 693 g/mol. The third kappa shape index (κ3) is 8.22. The van der Waals surface area contributed by atoms with Crippen molar-refractivity contribution in [3.8, 4) is 17.2 Å². The van der Waals surface area contributed by atoms with Crippen molar-refractivity contribution in [3.63, 3.8) is 0 Å². The van der Waals surface area contributed by atoms with Crippen molar-refractivity contribution in [1.29, 1.82) is 0 Å². The predicted molar refractivity (Wildman–Crippen MR) is 195 cm³/mol. The van der Waals surface area contributed by atoms with E-state index in [2.05, 4.69) is 15.2 Å². The molecule has 12 nitrogen and oxygen atoms in total. The molecule has 1 N–H and O–H groups in total. The summed E-state index contributed by atoms with van der Waals surface area (Å²) in [6.45, 7) is 2.80. The average Bonchev–Trinajstić information content (AvgIpc) is 3.18. The summed E-state index contributed by atoms with van der Waals surface area (Å²) in [4.78, 5) is 55.9. The number of nitrogens with zero attached hydrogens (tertiary/aromatic N) is 5. The number of benzene rings is 2. The summed E-state index contributed by atoms with van der Waals surface area (Å²) in [6.07, 6.45) is 8.49. The first-order valence-electron chi connectivity index (χ1n) is 17.2. The Morgan fingerprint density at radius 3 is 2.41 bits per heavy atom. The molecule has 2 bridgehead atoms. The van der Waals surface area contributed by atoms with Crippen LogP contribution < -0.4 is 24.4 Å². The Kier molecular flexibility index (Phi) is 11.3. The third-order valence-electron chi connectivity index (χ3n) is 9.44. The number of pyridine rings is 2. The Morgan fingerprint density at radius 2 is 1.67 bits per heavy atom. The van der Waals surface area contributed by atoms with Crippen LogP contribution in [0.25, 0.3) is 17.0 Å². The highest BCUT2D eigenvalue weighted by Crippen LogP contribution is 2.44. The van der Waals surface area contributed by atoms with Gasteiger partial charge in [-0.25, -0.2) is 4.98 Å². The summed E-state index contributed by atoms with van der Waals surface area (Å²) in [7, 11) is 4.71. The molecule has 0 aliphatic carbocycles. The van der Waals surface area contributed by atoms with Gasteiger partial charge in [0.1, 0.15) is 5.82 Å². The molecule has 6 rings (SSSR count). The number of ether oxygens (including phenoxy) is 3. The second kappa shape index (κ2) is 16.4. The van der Waals surface area contributed by atoms with Crippen LogP contribution in [-0.2, 0) is 16.1 Å². The summed E-state index contributed by atoms with van der Waals surface area (Å²) in [5.74, 6) is 1.78. The van der Waals surface area contributed by atoms with Crippen LogP contribution in [0.4, 0.5) is 5.82 Å². The highest BCUT2D eigenvalue weighted by molar-refractivity contribution is 5.95. The Labute approximate surface area is 298 Å². The number of anilines is 1. The van der Waals surface area contributed by atoms with E-state index in [-0.39, 0.29) is 56.2 Å². The zero-order valence-electron chi connectivity index (χ0n) is 29.3. The lowest BCUT2D eigenvalue weighted by Crippen LogP contribution is -2.42. The van der Waals surface area contributed by atoms with E-state index in [0.29, 0.717) is 46.8 Å². The molecule has 0 spiro atoms. The van der Waals surface area contributed by atoms with Crippen molar-refractivity contribution in [2.75, 3.05) is 65.5 Å². The van der Waals surface area contributed by atoms with Gasteiger partial charge in [0.2, 0.25) is 17.6 Å². The quantitative estimate of drug-likeness (QED) is 0.289. The number of amides is 3. The molecule has 1 fully saturated rings. The highest BCUT2D eigenvalue weighted by atomic mass is 16.5. The van der Waals surface area contributed by atoms with Gasteiger partial charge in [0.25, 0.3) is 5.91 Å². The highest BCUT2D eigenvalue weighted by Gasteiger charge is 2.28. The van der Waals surface area contributed by atoms with Gasteiger partial charge >= 0.3 is 0 Å². The van der Waals surface area contributed by atoms with Crippen molar-refractivity contribution in [3.05, 3.63) is 89.8 Å². The van der Waals surface area contributed by atoms with Crippen LogP contribution >= 0.6 is 0 Å². The van der Waals surface area contributed by atoms with Crippen molar-refractivity contribution >= 4 is 40.5 Å². The monoisotopic (exact) mass is 692 g/mol. The van der Waals surface area contributed by atoms with Crippen LogP contribution in [-0.4, -0.2) is 98.1 Å². The Balaban J connectivity index is 1.44. The molecule has 1 unspecified atom stereocenters. The summed E-state index contributed by atoms with van der Waals surface area (Å²) in [5.41, 5.74) is 2.84. The minimum Gasteiger partial charge on any atom is -0.493 e. The summed E-state index contributed by atoms with van der Waals surface area (Å²) >= 11 is 0. The molecular formula is C39H44N6O6. The van der Waals surface area contributed by atoms with Gasteiger partial charge in [-0.3, -0.25) is 19.4 Å². The predicted octanol–water partition coefficient (Wildman–Crippen LogP) is 4.58. The number of fused-ring (bicyclic) bond motifs is 5. The number of carbonyl (C=O) groups excluding carboxylic acids is 3. The maximum atomic E-state index is 14.3. The van der Waals surface area contributed by atoms with Crippen LogP contribution in [0.1, 0.15) is 40.7 Å². The molecule has 3 amide bonds. The van der Waals surface area contributed by atoms with Crippen LogP contribution in [0.5, 0.6) is 17.2 Å². The Bertz CT molecular complexity index is 1890. The van der Waals surface area contributed by atoms with Gasteiger partial charge in [-0.15, -0.1) is 0 Å². The molecule has 2 aromatic carbocycles. The number of piperidine rings is 1. The van der Waals surface area contributed by atoms with E-state index >= 15 is 0 Å². The summed E-state index contributed by atoms with van der Waals surface area (Å²) in [5, 5.41) is 3.83. The second-order valence-electron chi connectivity index (χ2n) is 12.7. The number of hydrogen-bond donors (Lipinski definition) is 1. The maximum absolute atomic E-state index is 14.3. The third-order valence-corrected chi connectivity index (χ3v) is 9.44. The number of methoxy groups -OCH3 is 3. The molecule has 4 heterocycles. The fourth-order valence-corrected chi connectivity index (χ4v) is 6.77. The van der Waals surface area contributed by atoms with Gasteiger partial charge in [0.05, 0.1) is 26.8 Å². The number of carbonyl (C=O) groups is 3. The Morgan fingerprint density at radius 1 is 0.902 bits per heavy atom. The first-order valence-corrected chi connectivity index (χ1v) is 17.2. The molecule has 51 heavy (non-hydrogen) atoms. The second-order valence-corrected chi connectivity index (χ2v) is 12.7. The molecule has 4 aromatic rings. The molecule has 0 saturated carbocycles. The first-order chi connectivity index (χ1) is 24.9. The van der Waals surface area contributed by atoms with E-state index in [9.17, 15) is 14.4 Å². The summed E-state index contributed by atoms with van der Waals surface area (Å²) in [6, 6.07) is 16.8. The van der Waals surface area contributed by atoms with Crippen LogP contribution in [0.15, 0.2) is 73.1 Å². The molecule has 1 atom stereocenters.